The SMILES string of the molecule is Fc1ccc(CNc2ccc(F)nc2)cn1. The summed E-state index contributed by atoms with van der Waals surface area (Å²) in [4.78, 5) is 7.02. The fourth-order valence-electron chi connectivity index (χ4n) is 1.20. The number of nitrogens with one attached hydrogen (secondary N) is 1. The molecule has 1 N–H and O–H groups in total. The zero-order valence-electron chi connectivity index (χ0n) is 8.32. The minimum atomic E-state index is -0.519. The first-order chi connectivity index (χ1) is 7.74. The summed E-state index contributed by atoms with van der Waals surface area (Å²) in [5.74, 6) is -1.03. The van der Waals surface area contributed by atoms with Gasteiger partial charge in [0.2, 0.25) is 11.9 Å². The van der Waals surface area contributed by atoms with Gasteiger partial charge in [-0.2, -0.15) is 8.78 Å². The van der Waals surface area contributed by atoms with Crippen molar-refractivity contribution in [3.63, 3.8) is 0 Å². The molecule has 0 bridgehead atoms. The highest BCUT2D eigenvalue weighted by Gasteiger charge is 1.96. The molecule has 82 valence electrons. The maximum absolute atomic E-state index is 12.5. The number of rotatable bonds is 3. The lowest BCUT2D eigenvalue weighted by Gasteiger charge is -2.05. The van der Waals surface area contributed by atoms with Crippen molar-refractivity contribution in [3.8, 4) is 0 Å². The summed E-state index contributed by atoms with van der Waals surface area (Å²) in [7, 11) is 0. The van der Waals surface area contributed by atoms with Crippen LogP contribution in [0.4, 0.5) is 14.5 Å². The van der Waals surface area contributed by atoms with Crippen LogP contribution in [-0.4, -0.2) is 9.97 Å². The van der Waals surface area contributed by atoms with Crippen LogP contribution in [0.5, 0.6) is 0 Å². The molecule has 0 aliphatic heterocycles. The van der Waals surface area contributed by atoms with E-state index in [1.807, 2.05) is 0 Å². The average Bonchev–Trinajstić information content (AvgIpc) is 2.30. The molecule has 16 heavy (non-hydrogen) atoms. The van der Waals surface area contributed by atoms with Gasteiger partial charge in [0, 0.05) is 12.7 Å². The lowest BCUT2D eigenvalue weighted by molar-refractivity contribution is 0.582. The van der Waals surface area contributed by atoms with Gasteiger partial charge >= 0.3 is 0 Å². The summed E-state index contributed by atoms with van der Waals surface area (Å²) in [6.07, 6.45) is 2.84. The largest absolute Gasteiger partial charge is 0.380 e. The van der Waals surface area contributed by atoms with Gasteiger partial charge in [-0.15, -0.1) is 0 Å². The Bertz CT molecular complexity index is 408. The van der Waals surface area contributed by atoms with Crippen LogP contribution in [0.2, 0.25) is 0 Å². The normalized spacial score (nSPS) is 10.1. The number of hydrogen-bond donors (Lipinski definition) is 1. The van der Waals surface area contributed by atoms with E-state index in [2.05, 4.69) is 15.3 Å². The highest BCUT2D eigenvalue weighted by molar-refractivity contribution is 5.40. The predicted octanol–water partition coefficient (Wildman–Crippen LogP) is 2.37. The third kappa shape index (κ3) is 2.73. The molecule has 5 heteroatoms. The van der Waals surface area contributed by atoms with Crippen LogP contribution < -0.4 is 5.32 Å². The molecule has 0 saturated heterocycles. The molecular formula is C11H9F2N3. The maximum Gasteiger partial charge on any atom is 0.212 e. The molecule has 2 heterocycles. The average molecular weight is 221 g/mol. The molecule has 0 unspecified atom stereocenters. The van der Waals surface area contributed by atoms with Crippen LogP contribution in [0.1, 0.15) is 5.56 Å². The number of nitrogens with zero attached hydrogens (tertiary/aromatic N) is 2. The summed E-state index contributed by atoms with van der Waals surface area (Å²) in [6.45, 7) is 0.487. The monoisotopic (exact) mass is 221 g/mol. The first kappa shape index (κ1) is 10.5. The maximum atomic E-state index is 12.5. The summed E-state index contributed by atoms with van der Waals surface area (Å²) in [6, 6.07) is 5.77. The Balaban J connectivity index is 1.97. The highest BCUT2D eigenvalue weighted by atomic mass is 19.1. The Kier molecular flexibility index (Phi) is 3.05. The van der Waals surface area contributed by atoms with Crippen LogP contribution in [-0.2, 0) is 6.54 Å². The number of pyridine rings is 2. The van der Waals surface area contributed by atoms with Gasteiger partial charge in [0.1, 0.15) is 0 Å². The van der Waals surface area contributed by atoms with Crippen LogP contribution in [0.15, 0.2) is 36.7 Å². The van der Waals surface area contributed by atoms with Crippen molar-refractivity contribution in [2.45, 2.75) is 6.54 Å². The fourth-order valence-corrected chi connectivity index (χ4v) is 1.20. The van der Waals surface area contributed by atoms with Crippen molar-refractivity contribution in [2.24, 2.45) is 0 Å². The molecule has 0 saturated carbocycles. The molecule has 0 aliphatic rings. The predicted molar refractivity (Wildman–Crippen MR) is 55.7 cm³/mol. The first-order valence-electron chi connectivity index (χ1n) is 4.70. The quantitative estimate of drug-likeness (QED) is 0.808. The standard InChI is InChI=1S/C11H9F2N3/c12-10-3-1-8(6-15-10)5-14-9-2-4-11(13)16-7-9/h1-4,6-7,14H,5H2. The van der Waals surface area contributed by atoms with Gasteiger partial charge in [-0.25, -0.2) is 9.97 Å². The topological polar surface area (TPSA) is 37.8 Å². The Labute approximate surface area is 91.2 Å². The summed E-state index contributed by atoms with van der Waals surface area (Å²) in [5.41, 5.74) is 1.54. The van der Waals surface area contributed by atoms with Gasteiger partial charge in [-0.3, -0.25) is 0 Å². The van der Waals surface area contributed by atoms with Gasteiger partial charge in [-0.05, 0) is 23.8 Å². The second-order valence-corrected chi connectivity index (χ2v) is 3.21. The minimum Gasteiger partial charge on any atom is -0.380 e. The third-order valence-electron chi connectivity index (χ3n) is 2.01. The molecule has 0 spiro atoms. The van der Waals surface area contributed by atoms with Crippen molar-refractivity contribution in [3.05, 3.63) is 54.1 Å². The van der Waals surface area contributed by atoms with E-state index >= 15 is 0 Å². The second-order valence-electron chi connectivity index (χ2n) is 3.21. The van der Waals surface area contributed by atoms with E-state index in [1.54, 1.807) is 12.1 Å². The van der Waals surface area contributed by atoms with Gasteiger partial charge < -0.3 is 5.32 Å². The Morgan fingerprint density at radius 2 is 1.62 bits per heavy atom. The van der Waals surface area contributed by atoms with Crippen molar-refractivity contribution >= 4 is 5.69 Å². The smallest absolute Gasteiger partial charge is 0.212 e. The Hall–Kier alpha value is -2.04. The van der Waals surface area contributed by atoms with E-state index in [-0.39, 0.29) is 0 Å². The van der Waals surface area contributed by atoms with Crippen LogP contribution in [0, 0.1) is 11.9 Å². The highest BCUT2D eigenvalue weighted by Crippen LogP contribution is 2.07. The molecule has 0 aromatic carbocycles. The molecule has 2 aromatic rings. The molecule has 0 atom stereocenters. The number of hydrogen-bond acceptors (Lipinski definition) is 3. The Morgan fingerprint density at radius 3 is 2.19 bits per heavy atom. The lowest BCUT2D eigenvalue weighted by Crippen LogP contribution is -2.00. The summed E-state index contributed by atoms with van der Waals surface area (Å²) in [5, 5.41) is 3.02. The lowest BCUT2D eigenvalue weighted by atomic mass is 10.3. The van der Waals surface area contributed by atoms with Crippen molar-refractivity contribution in [1.29, 1.82) is 0 Å². The zero-order valence-corrected chi connectivity index (χ0v) is 8.32. The zero-order chi connectivity index (χ0) is 11.4. The van der Waals surface area contributed by atoms with Gasteiger partial charge in [-0.1, -0.05) is 6.07 Å². The molecular weight excluding hydrogens is 212 g/mol. The van der Waals surface area contributed by atoms with Crippen LogP contribution in [0.3, 0.4) is 0 Å². The van der Waals surface area contributed by atoms with Crippen LogP contribution in [0.25, 0.3) is 0 Å². The molecule has 0 amide bonds. The molecule has 0 fully saturated rings. The summed E-state index contributed by atoms with van der Waals surface area (Å²) < 4.78 is 25.0. The van der Waals surface area contributed by atoms with E-state index in [4.69, 9.17) is 0 Å². The number of anilines is 1. The minimum absolute atomic E-state index is 0.487. The van der Waals surface area contributed by atoms with Gasteiger partial charge in [0.25, 0.3) is 0 Å². The van der Waals surface area contributed by atoms with E-state index in [9.17, 15) is 8.78 Å². The van der Waals surface area contributed by atoms with Crippen LogP contribution >= 0.6 is 0 Å². The van der Waals surface area contributed by atoms with E-state index in [0.29, 0.717) is 12.2 Å². The number of halogens is 2. The van der Waals surface area contributed by atoms with Crippen molar-refractivity contribution in [2.75, 3.05) is 5.32 Å². The second kappa shape index (κ2) is 4.65. The molecule has 0 radical (unpaired) electrons. The molecule has 2 rings (SSSR count). The van der Waals surface area contributed by atoms with E-state index in [0.717, 1.165) is 5.56 Å². The summed E-state index contributed by atoms with van der Waals surface area (Å²) >= 11 is 0. The van der Waals surface area contributed by atoms with Gasteiger partial charge in [0.15, 0.2) is 0 Å². The van der Waals surface area contributed by atoms with Gasteiger partial charge in [0.05, 0.1) is 11.9 Å². The van der Waals surface area contributed by atoms with Crippen molar-refractivity contribution in [1.82, 2.24) is 9.97 Å². The number of aromatic nitrogens is 2. The Morgan fingerprint density at radius 1 is 0.938 bits per heavy atom. The molecule has 0 aliphatic carbocycles. The van der Waals surface area contributed by atoms with E-state index in [1.165, 1.54) is 24.5 Å². The fraction of sp³-hybridized carbons (Fsp3) is 0.0909. The first-order valence-corrected chi connectivity index (χ1v) is 4.70. The van der Waals surface area contributed by atoms with Crippen molar-refractivity contribution < 1.29 is 8.78 Å². The van der Waals surface area contributed by atoms with E-state index < -0.39 is 11.9 Å². The molecule has 2 aromatic heterocycles. The molecule has 3 nitrogen and oxygen atoms in total. The third-order valence-corrected chi connectivity index (χ3v) is 2.01.